The summed E-state index contributed by atoms with van der Waals surface area (Å²) in [5.74, 6) is -0.759. The van der Waals surface area contributed by atoms with Crippen molar-refractivity contribution in [1.29, 1.82) is 0 Å². The molecule has 0 heterocycles. The smallest absolute Gasteiger partial charge is 0.167 e. The first-order valence-electron chi connectivity index (χ1n) is 6.10. The van der Waals surface area contributed by atoms with Crippen molar-refractivity contribution in [2.24, 2.45) is 0 Å². The fourth-order valence-electron chi connectivity index (χ4n) is 1.86. The summed E-state index contributed by atoms with van der Waals surface area (Å²) in [5, 5.41) is 9.30. The molecule has 0 amide bonds. The van der Waals surface area contributed by atoms with Gasteiger partial charge in [-0.1, -0.05) is 12.1 Å². The van der Waals surface area contributed by atoms with Gasteiger partial charge in [-0.15, -0.1) is 0 Å². The Hall–Kier alpha value is -1.66. The first kappa shape index (κ1) is 15.7. The molecule has 0 saturated carbocycles. The van der Waals surface area contributed by atoms with E-state index in [0.717, 1.165) is 6.07 Å². The Morgan fingerprint density at radius 2 is 1.95 bits per heavy atom. The quantitative estimate of drug-likeness (QED) is 0.826. The van der Waals surface area contributed by atoms with Crippen molar-refractivity contribution in [2.75, 3.05) is 7.11 Å². The van der Waals surface area contributed by atoms with Gasteiger partial charge in [0.1, 0.15) is 18.2 Å². The first-order valence-corrected chi connectivity index (χ1v) is 6.89. The molecule has 0 bridgehead atoms. The van der Waals surface area contributed by atoms with Gasteiger partial charge in [0.2, 0.25) is 0 Å². The number of halogens is 3. The summed E-state index contributed by atoms with van der Waals surface area (Å²) < 4.78 is 38.3. The Bertz CT molecular complexity index is 625. The third kappa shape index (κ3) is 3.33. The number of benzene rings is 2. The van der Waals surface area contributed by atoms with Crippen molar-refractivity contribution in [3.63, 3.8) is 0 Å². The van der Waals surface area contributed by atoms with Crippen LogP contribution in [0.3, 0.4) is 0 Å². The number of rotatable bonds is 5. The molecule has 6 heteroatoms. The molecule has 0 spiro atoms. The minimum absolute atomic E-state index is 0.157. The zero-order chi connectivity index (χ0) is 15.4. The standard InChI is InChI=1S/C15H13BrF2O3/c1-20-13-4-2-3-9(7-19)15(13)21-8-10-12(17)6-5-11(16)14(10)18/h2-6,19H,7-8H2,1H3. The third-order valence-corrected chi connectivity index (χ3v) is 3.56. The van der Waals surface area contributed by atoms with Crippen LogP contribution < -0.4 is 9.47 Å². The average molecular weight is 359 g/mol. The topological polar surface area (TPSA) is 38.7 Å². The first-order chi connectivity index (χ1) is 10.1. The van der Waals surface area contributed by atoms with E-state index in [2.05, 4.69) is 15.9 Å². The molecule has 0 unspecified atom stereocenters. The minimum Gasteiger partial charge on any atom is -0.493 e. The van der Waals surface area contributed by atoms with E-state index in [1.807, 2.05) is 0 Å². The maximum atomic E-state index is 13.9. The van der Waals surface area contributed by atoms with Gasteiger partial charge >= 0.3 is 0 Å². The van der Waals surface area contributed by atoms with Crippen molar-refractivity contribution < 1.29 is 23.4 Å². The molecular weight excluding hydrogens is 346 g/mol. The Labute approximate surface area is 129 Å². The molecule has 2 rings (SSSR count). The normalized spacial score (nSPS) is 10.5. The number of ether oxygens (including phenoxy) is 2. The molecule has 0 saturated heterocycles. The third-order valence-electron chi connectivity index (χ3n) is 2.95. The van der Waals surface area contributed by atoms with E-state index in [-0.39, 0.29) is 29.0 Å². The van der Waals surface area contributed by atoms with E-state index >= 15 is 0 Å². The molecule has 21 heavy (non-hydrogen) atoms. The van der Waals surface area contributed by atoms with E-state index in [1.165, 1.54) is 13.2 Å². The number of hydrogen-bond donors (Lipinski definition) is 1. The summed E-state index contributed by atoms with van der Waals surface area (Å²) in [6.07, 6.45) is 0. The molecule has 0 aliphatic carbocycles. The number of aliphatic hydroxyl groups is 1. The molecule has 0 atom stereocenters. The highest BCUT2D eigenvalue weighted by atomic mass is 79.9. The molecule has 112 valence electrons. The van der Waals surface area contributed by atoms with Gasteiger partial charge in [0, 0.05) is 5.56 Å². The maximum Gasteiger partial charge on any atom is 0.167 e. The van der Waals surface area contributed by atoms with Gasteiger partial charge in [0.25, 0.3) is 0 Å². The van der Waals surface area contributed by atoms with Crippen molar-refractivity contribution in [2.45, 2.75) is 13.2 Å². The second kappa shape index (κ2) is 6.87. The summed E-state index contributed by atoms with van der Waals surface area (Å²) in [6.45, 7) is -0.583. The molecule has 0 aromatic heterocycles. The van der Waals surface area contributed by atoms with Gasteiger partial charge in [-0.25, -0.2) is 8.78 Å². The van der Waals surface area contributed by atoms with Gasteiger partial charge in [-0.3, -0.25) is 0 Å². The highest BCUT2D eigenvalue weighted by Crippen LogP contribution is 2.32. The van der Waals surface area contributed by atoms with Crippen molar-refractivity contribution in [3.05, 3.63) is 57.6 Å². The van der Waals surface area contributed by atoms with E-state index in [1.54, 1.807) is 18.2 Å². The predicted molar refractivity (Wildman–Crippen MR) is 77.3 cm³/mol. The molecule has 0 fully saturated rings. The Kier molecular flexibility index (Phi) is 5.14. The van der Waals surface area contributed by atoms with Crippen LogP contribution in [0.25, 0.3) is 0 Å². The van der Waals surface area contributed by atoms with Crippen LogP contribution in [0, 0.1) is 11.6 Å². The summed E-state index contributed by atoms with van der Waals surface area (Å²) in [5.41, 5.74) is 0.282. The van der Waals surface area contributed by atoms with E-state index in [0.29, 0.717) is 11.3 Å². The lowest BCUT2D eigenvalue weighted by Crippen LogP contribution is -2.05. The zero-order valence-electron chi connectivity index (χ0n) is 11.2. The molecule has 1 N–H and O–H groups in total. The average Bonchev–Trinajstić information content (AvgIpc) is 2.50. The molecule has 0 radical (unpaired) electrons. The molecule has 3 nitrogen and oxygen atoms in total. The lowest BCUT2D eigenvalue weighted by Gasteiger charge is -2.15. The van der Waals surface area contributed by atoms with Crippen molar-refractivity contribution >= 4 is 15.9 Å². The number of methoxy groups -OCH3 is 1. The van der Waals surface area contributed by atoms with Crippen LogP contribution in [0.2, 0.25) is 0 Å². The summed E-state index contributed by atoms with van der Waals surface area (Å²) >= 11 is 3.00. The number of para-hydroxylation sites is 1. The second-order valence-electron chi connectivity index (χ2n) is 4.22. The van der Waals surface area contributed by atoms with Crippen LogP contribution in [-0.4, -0.2) is 12.2 Å². The van der Waals surface area contributed by atoms with Crippen molar-refractivity contribution in [1.82, 2.24) is 0 Å². The lowest BCUT2D eigenvalue weighted by atomic mass is 10.2. The van der Waals surface area contributed by atoms with E-state index in [4.69, 9.17) is 9.47 Å². The number of aliphatic hydroxyl groups excluding tert-OH is 1. The summed E-state index contributed by atoms with van der Waals surface area (Å²) in [7, 11) is 1.45. The van der Waals surface area contributed by atoms with Crippen LogP contribution >= 0.6 is 15.9 Å². The van der Waals surface area contributed by atoms with Crippen LogP contribution in [0.15, 0.2) is 34.8 Å². The summed E-state index contributed by atoms with van der Waals surface area (Å²) in [6, 6.07) is 7.42. The van der Waals surface area contributed by atoms with Gasteiger partial charge in [-0.05, 0) is 34.1 Å². The highest BCUT2D eigenvalue weighted by molar-refractivity contribution is 9.10. The fourth-order valence-corrected chi connectivity index (χ4v) is 2.23. The van der Waals surface area contributed by atoms with Crippen LogP contribution in [0.4, 0.5) is 8.78 Å². The van der Waals surface area contributed by atoms with Crippen LogP contribution in [-0.2, 0) is 13.2 Å². The van der Waals surface area contributed by atoms with E-state index in [9.17, 15) is 13.9 Å². The highest BCUT2D eigenvalue weighted by Gasteiger charge is 2.16. The summed E-state index contributed by atoms with van der Waals surface area (Å²) in [4.78, 5) is 0. The van der Waals surface area contributed by atoms with Gasteiger partial charge < -0.3 is 14.6 Å². The monoisotopic (exact) mass is 358 g/mol. The van der Waals surface area contributed by atoms with Crippen LogP contribution in [0.5, 0.6) is 11.5 Å². The van der Waals surface area contributed by atoms with Crippen molar-refractivity contribution in [3.8, 4) is 11.5 Å². The molecular formula is C15H13BrF2O3. The SMILES string of the molecule is COc1cccc(CO)c1OCc1c(F)ccc(Br)c1F. The van der Waals surface area contributed by atoms with Gasteiger partial charge in [0.05, 0.1) is 23.8 Å². The Morgan fingerprint density at radius 3 is 2.62 bits per heavy atom. The lowest BCUT2D eigenvalue weighted by molar-refractivity contribution is 0.245. The molecule has 0 aliphatic rings. The zero-order valence-corrected chi connectivity index (χ0v) is 12.8. The predicted octanol–water partition coefficient (Wildman–Crippen LogP) is 3.81. The molecule has 2 aromatic carbocycles. The number of hydrogen-bond acceptors (Lipinski definition) is 3. The largest absolute Gasteiger partial charge is 0.493 e. The van der Waals surface area contributed by atoms with E-state index < -0.39 is 11.6 Å². The van der Waals surface area contributed by atoms with Gasteiger partial charge in [-0.2, -0.15) is 0 Å². The minimum atomic E-state index is -0.713. The maximum absolute atomic E-state index is 13.9. The molecule has 2 aromatic rings. The van der Waals surface area contributed by atoms with Gasteiger partial charge in [0.15, 0.2) is 11.5 Å². The Morgan fingerprint density at radius 1 is 1.19 bits per heavy atom. The van der Waals surface area contributed by atoms with Crippen LogP contribution in [0.1, 0.15) is 11.1 Å². The molecule has 0 aliphatic heterocycles. The fraction of sp³-hybridized carbons (Fsp3) is 0.200. The Balaban J connectivity index is 2.31. The second-order valence-corrected chi connectivity index (χ2v) is 5.07.